The van der Waals surface area contributed by atoms with Gasteiger partial charge in [-0.1, -0.05) is 12.1 Å². The molecule has 1 aliphatic heterocycles. The zero-order valence-electron chi connectivity index (χ0n) is 14.3. The number of halogens is 3. The van der Waals surface area contributed by atoms with Gasteiger partial charge in [-0.05, 0) is 61.5 Å². The summed E-state index contributed by atoms with van der Waals surface area (Å²) in [6.07, 6.45) is -2.24. The number of hydrogen-bond donors (Lipinski definition) is 1. The molecule has 3 rings (SSSR count). The second-order valence-corrected chi connectivity index (χ2v) is 7.45. The Labute approximate surface area is 154 Å². The number of nitrogens with one attached hydrogen (secondary N) is 1. The standard InChI is InChI=1S/C19H21F3N2OS/c20-19(21,22)16-4-1-3-15(13-16)18(25)23-8-11-24-9-6-14(7-10-24)17-5-2-12-26-17/h1-5,12-14H,6-11H2,(H,23,25). The Hall–Kier alpha value is -1.86. The van der Waals surface area contributed by atoms with Crippen LogP contribution in [-0.4, -0.2) is 37.0 Å². The van der Waals surface area contributed by atoms with Gasteiger partial charge < -0.3 is 10.2 Å². The summed E-state index contributed by atoms with van der Waals surface area (Å²) in [6, 6.07) is 8.77. The summed E-state index contributed by atoms with van der Waals surface area (Å²) < 4.78 is 38.2. The quantitative estimate of drug-likeness (QED) is 0.833. The van der Waals surface area contributed by atoms with Crippen molar-refractivity contribution in [2.45, 2.75) is 24.9 Å². The second-order valence-electron chi connectivity index (χ2n) is 6.47. The molecule has 1 aliphatic rings. The third-order valence-electron chi connectivity index (χ3n) is 4.70. The van der Waals surface area contributed by atoms with Gasteiger partial charge in [0.25, 0.3) is 5.91 Å². The topological polar surface area (TPSA) is 32.3 Å². The van der Waals surface area contributed by atoms with E-state index in [4.69, 9.17) is 0 Å². The minimum absolute atomic E-state index is 0.0382. The van der Waals surface area contributed by atoms with Crippen LogP contribution in [0, 0.1) is 0 Å². The van der Waals surface area contributed by atoms with Gasteiger partial charge >= 0.3 is 6.18 Å². The number of carbonyl (C=O) groups excluding carboxylic acids is 1. The first-order valence-corrected chi connectivity index (χ1v) is 9.52. The van der Waals surface area contributed by atoms with Gasteiger partial charge in [-0.3, -0.25) is 4.79 Å². The van der Waals surface area contributed by atoms with Crippen molar-refractivity contribution in [2.24, 2.45) is 0 Å². The molecule has 7 heteroatoms. The molecule has 0 radical (unpaired) electrons. The smallest absolute Gasteiger partial charge is 0.351 e. The van der Waals surface area contributed by atoms with Gasteiger partial charge in [0, 0.05) is 23.5 Å². The van der Waals surface area contributed by atoms with Gasteiger partial charge in [-0.25, -0.2) is 0 Å². The molecule has 0 atom stereocenters. The third kappa shape index (κ3) is 4.86. The highest BCUT2D eigenvalue weighted by molar-refractivity contribution is 7.10. The van der Waals surface area contributed by atoms with E-state index in [0.717, 1.165) is 38.1 Å². The Kier molecular flexibility index (Phi) is 5.98. The highest BCUT2D eigenvalue weighted by Gasteiger charge is 2.30. The van der Waals surface area contributed by atoms with Gasteiger partial charge in [0.05, 0.1) is 5.56 Å². The van der Waals surface area contributed by atoms with Crippen LogP contribution in [0.3, 0.4) is 0 Å². The van der Waals surface area contributed by atoms with E-state index in [2.05, 4.69) is 27.7 Å². The number of benzene rings is 1. The van der Waals surface area contributed by atoms with E-state index in [1.165, 1.54) is 17.0 Å². The first-order chi connectivity index (χ1) is 12.4. The molecule has 0 unspecified atom stereocenters. The van der Waals surface area contributed by atoms with Crippen molar-refractivity contribution in [1.29, 1.82) is 0 Å². The Morgan fingerprint density at radius 2 is 1.96 bits per heavy atom. The molecular weight excluding hydrogens is 361 g/mol. The van der Waals surface area contributed by atoms with Crippen LogP contribution in [0.25, 0.3) is 0 Å². The summed E-state index contributed by atoms with van der Waals surface area (Å²) in [7, 11) is 0. The predicted molar refractivity (Wildman–Crippen MR) is 96.5 cm³/mol. The Bertz CT molecular complexity index is 723. The molecule has 140 valence electrons. The number of alkyl halides is 3. The molecule has 1 saturated heterocycles. The number of carbonyl (C=O) groups is 1. The zero-order valence-corrected chi connectivity index (χ0v) is 15.1. The number of thiophene rings is 1. The minimum Gasteiger partial charge on any atom is -0.351 e. The van der Waals surface area contributed by atoms with Crippen molar-refractivity contribution in [3.8, 4) is 0 Å². The number of amides is 1. The summed E-state index contributed by atoms with van der Waals surface area (Å²) in [5.41, 5.74) is -0.767. The Balaban J connectivity index is 1.43. The molecular formula is C19H21F3N2OS. The molecule has 0 saturated carbocycles. The van der Waals surface area contributed by atoms with Crippen LogP contribution in [0.1, 0.15) is 39.6 Å². The molecule has 1 aromatic carbocycles. The lowest BCUT2D eigenvalue weighted by Crippen LogP contribution is -2.39. The zero-order chi connectivity index (χ0) is 18.6. The molecule has 1 amide bonds. The molecule has 1 N–H and O–H groups in total. The minimum atomic E-state index is -4.44. The van der Waals surface area contributed by atoms with E-state index in [1.807, 2.05) is 0 Å². The number of nitrogens with zero attached hydrogens (tertiary/aromatic N) is 1. The van der Waals surface area contributed by atoms with Crippen molar-refractivity contribution < 1.29 is 18.0 Å². The van der Waals surface area contributed by atoms with Crippen molar-refractivity contribution >= 4 is 17.2 Å². The van der Waals surface area contributed by atoms with E-state index in [1.54, 1.807) is 11.3 Å². The van der Waals surface area contributed by atoms with E-state index < -0.39 is 17.6 Å². The van der Waals surface area contributed by atoms with E-state index in [9.17, 15) is 18.0 Å². The number of likely N-dealkylation sites (tertiary alicyclic amines) is 1. The number of piperidine rings is 1. The first-order valence-electron chi connectivity index (χ1n) is 8.65. The van der Waals surface area contributed by atoms with Crippen molar-refractivity contribution in [1.82, 2.24) is 10.2 Å². The van der Waals surface area contributed by atoms with Gasteiger partial charge in [0.15, 0.2) is 0 Å². The van der Waals surface area contributed by atoms with Crippen molar-refractivity contribution in [2.75, 3.05) is 26.2 Å². The maximum absolute atomic E-state index is 12.7. The molecule has 3 nitrogen and oxygen atoms in total. The van der Waals surface area contributed by atoms with Crippen molar-refractivity contribution in [3.05, 3.63) is 57.8 Å². The van der Waals surface area contributed by atoms with Crippen LogP contribution in [0.5, 0.6) is 0 Å². The molecule has 26 heavy (non-hydrogen) atoms. The third-order valence-corrected chi connectivity index (χ3v) is 5.73. The maximum Gasteiger partial charge on any atom is 0.416 e. The fraction of sp³-hybridized carbons (Fsp3) is 0.421. The van der Waals surface area contributed by atoms with Crippen LogP contribution in [0.2, 0.25) is 0 Å². The highest BCUT2D eigenvalue weighted by atomic mass is 32.1. The fourth-order valence-electron chi connectivity index (χ4n) is 3.23. The average Bonchev–Trinajstić information content (AvgIpc) is 3.16. The lowest BCUT2D eigenvalue weighted by atomic mass is 9.95. The fourth-order valence-corrected chi connectivity index (χ4v) is 4.13. The molecule has 1 aromatic heterocycles. The van der Waals surface area contributed by atoms with Gasteiger partial charge in [0.1, 0.15) is 0 Å². The predicted octanol–water partition coefficient (Wildman–Crippen LogP) is 4.38. The van der Waals surface area contributed by atoms with E-state index >= 15 is 0 Å². The molecule has 1 fully saturated rings. The molecule has 0 aliphatic carbocycles. The molecule has 2 heterocycles. The molecule has 0 bridgehead atoms. The van der Waals surface area contributed by atoms with Crippen LogP contribution < -0.4 is 5.32 Å². The van der Waals surface area contributed by atoms with E-state index in [-0.39, 0.29) is 5.56 Å². The van der Waals surface area contributed by atoms with Crippen LogP contribution in [-0.2, 0) is 6.18 Å². The van der Waals surface area contributed by atoms with Crippen LogP contribution >= 0.6 is 11.3 Å². The number of hydrogen-bond acceptors (Lipinski definition) is 3. The second kappa shape index (κ2) is 8.22. The highest BCUT2D eigenvalue weighted by Crippen LogP contribution is 2.31. The lowest BCUT2D eigenvalue weighted by molar-refractivity contribution is -0.137. The monoisotopic (exact) mass is 382 g/mol. The van der Waals surface area contributed by atoms with Gasteiger partial charge in [-0.2, -0.15) is 13.2 Å². The molecule has 0 spiro atoms. The lowest BCUT2D eigenvalue weighted by Gasteiger charge is -2.31. The van der Waals surface area contributed by atoms with Crippen LogP contribution in [0.15, 0.2) is 41.8 Å². The first kappa shape index (κ1) is 18.9. The number of rotatable bonds is 5. The Morgan fingerprint density at radius 3 is 2.62 bits per heavy atom. The maximum atomic E-state index is 12.7. The Morgan fingerprint density at radius 1 is 1.19 bits per heavy atom. The van der Waals surface area contributed by atoms with E-state index in [0.29, 0.717) is 19.0 Å². The van der Waals surface area contributed by atoms with Gasteiger partial charge in [-0.15, -0.1) is 11.3 Å². The summed E-state index contributed by atoms with van der Waals surface area (Å²) in [4.78, 5) is 15.8. The van der Waals surface area contributed by atoms with Crippen LogP contribution in [0.4, 0.5) is 13.2 Å². The van der Waals surface area contributed by atoms with Gasteiger partial charge in [0.2, 0.25) is 0 Å². The largest absolute Gasteiger partial charge is 0.416 e. The SMILES string of the molecule is O=C(NCCN1CCC(c2cccs2)CC1)c1cccc(C(F)(F)F)c1. The summed E-state index contributed by atoms with van der Waals surface area (Å²) in [6.45, 7) is 3.09. The van der Waals surface area contributed by atoms with Crippen molar-refractivity contribution in [3.63, 3.8) is 0 Å². The summed E-state index contributed by atoms with van der Waals surface area (Å²) >= 11 is 1.80. The normalized spacial score (nSPS) is 16.6. The average molecular weight is 382 g/mol. The molecule has 2 aromatic rings. The summed E-state index contributed by atoms with van der Waals surface area (Å²) in [5.74, 6) is 0.149. The summed E-state index contributed by atoms with van der Waals surface area (Å²) in [5, 5.41) is 4.82.